The minimum absolute atomic E-state index is 0.722. The number of thioether (sulfide) groups is 1. The van der Waals surface area contributed by atoms with Crippen LogP contribution in [0.2, 0.25) is 0 Å². The van der Waals surface area contributed by atoms with Gasteiger partial charge in [-0.1, -0.05) is 0 Å². The van der Waals surface area contributed by atoms with Crippen molar-refractivity contribution in [2.24, 2.45) is 0 Å². The Bertz CT molecular complexity index is 293. The van der Waals surface area contributed by atoms with Crippen LogP contribution in [-0.2, 0) is 6.42 Å². The first-order chi connectivity index (χ1) is 4.92. The third kappa shape index (κ3) is 0.676. The van der Waals surface area contributed by atoms with E-state index in [2.05, 4.69) is 5.92 Å². The molecule has 0 saturated carbocycles. The van der Waals surface area contributed by atoms with Crippen molar-refractivity contribution in [3.05, 3.63) is 17.6 Å². The van der Waals surface area contributed by atoms with Gasteiger partial charge < -0.3 is 4.42 Å². The maximum absolute atomic E-state index is 5.21. The Labute approximate surface area is 63.8 Å². The molecular formula is C8H6OS. The van der Waals surface area contributed by atoms with Crippen molar-refractivity contribution in [3.8, 4) is 12.3 Å². The molecule has 0 aliphatic carbocycles. The van der Waals surface area contributed by atoms with Gasteiger partial charge in [-0.3, -0.25) is 0 Å². The van der Waals surface area contributed by atoms with Crippen LogP contribution in [0.3, 0.4) is 0 Å². The molecule has 0 unspecified atom stereocenters. The highest BCUT2D eigenvalue weighted by molar-refractivity contribution is 7.99. The minimum atomic E-state index is 0.722. The molecule has 0 amide bonds. The molecule has 0 saturated heterocycles. The van der Waals surface area contributed by atoms with Crippen LogP contribution in [0, 0.1) is 12.3 Å². The second kappa shape index (κ2) is 2.10. The van der Waals surface area contributed by atoms with Crippen molar-refractivity contribution in [2.45, 2.75) is 11.3 Å². The molecule has 0 aromatic carbocycles. The largest absolute Gasteiger partial charge is 0.455 e. The van der Waals surface area contributed by atoms with Crippen LogP contribution in [0.15, 0.2) is 15.6 Å². The molecule has 2 heterocycles. The molecule has 0 radical (unpaired) electrons. The second-order valence-corrected chi connectivity index (χ2v) is 3.29. The summed E-state index contributed by atoms with van der Waals surface area (Å²) in [6, 6.07) is 0. The Morgan fingerprint density at radius 1 is 1.70 bits per heavy atom. The lowest BCUT2D eigenvalue weighted by Gasteiger charge is -1.84. The Morgan fingerprint density at radius 3 is 3.40 bits per heavy atom. The standard InChI is InChI=1S/C8H6OS/c1-2-7-6-3-4-10-8(6)5-9-7/h1,5H,3-4H2. The van der Waals surface area contributed by atoms with Crippen LogP contribution in [0.1, 0.15) is 11.3 Å². The van der Waals surface area contributed by atoms with Crippen LogP contribution in [0.4, 0.5) is 0 Å². The van der Waals surface area contributed by atoms with Gasteiger partial charge in [0.1, 0.15) is 6.26 Å². The maximum atomic E-state index is 5.21. The Kier molecular flexibility index (Phi) is 1.25. The summed E-state index contributed by atoms with van der Waals surface area (Å²) in [6.45, 7) is 0. The zero-order valence-electron chi connectivity index (χ0n) is 5.39. The van der Waals surface area contributed by atoms with Crippen LogP contribution < -0.4 is 0 Å². The van der Waals surface area contributed by atoms with Gasteiger partial charge in [-0.05, 0) is 12.3 Å². The molecule has 1 aromatic heterocycles. The van der Waals surface area contributed by atoms with Gasteiger partial charge in [0.05, 0.1) is 4.90 Å². The van der Waals surface area contributed by atoms with E-state index in [9.17, 15) is 0 Å². The highest BCUT2D eigenvalue weighted by atomic mass is 32.2. The average Bonchev–Trinajstić information content (AvgIpc) is 2.44. The summed E-state index contributed by atoms with van der Waals surface area (Å²) in [5.74, 6) is 4.40. The quantitative estimate of drug-likeness (QED) is 0.524. The molecular weight excluding hydrogens is 144 g/mol. The summed E-state index contributed by atoms with van der Waals surface area (Å²) in [4.78, 5) is 1.23. The number of hydrogen-bond donors (Lipinski definition) is 0. The number of hydrogen-bond acceptors (Lipinski definition) is 2. The fraction of sp³-hybridized carbons (Fsp3) is 0.250. The first-order valence-electron chi connectivity index (χ1n) is 3.11. The number of rotatable bonds is 0. The molecule has 0 spiro atoms. The molecule has 1 aliphatic rings. The molecule has 2 rings (SSSR count). The molecule has 1 aliphatic heterocycles. The summed E-state index contributed by atoms with van der Waals surface area (Å²) in [6.07, 6.45) is 8.03. The summed E-state index contributed by atoms with van der Waals surface area (Å²) >= 11 is 1.81. The van der Waals surface area contributed by atoms with Gasteiger partial charge in [-0.25, -0.2) is 0 Å². The topological polar surface area (TPSA) is 13.1 Å². The van der Waals surface area contributed by atoms with Crippen molar-refractivity contribution in [2.75, 3.05) is 5.75 Å². The summed E-state index contributed by atoms with van der Waals surface area (Å²) in [5.41, 5.74) is 1.23. The highest BCUT2D eigenvalue weighted by Crippen LogP contribution is 2.34. The molecule has 0 bridgehead atoms. The van der Waals surface area contributed by atoms with Gasteiger partial charge >= 0.3 is 0 Å². The van der Waals surface area contributed by atoms with Gasteiger partial charge in [-0.2, -0.15) is 0 Å². The lowest BCUT2D eigenvalue weighted by atomic mass is 10.2. The van der Waals surface area contributed by atoms with Crippen LogP contribution in [-0.4, -0.2) is 5.75 Å². The summed E-state index contributed by atoms with van der Waals surface area (Å²) in [5, 5.41) is 0. The van der Waals surface area contributed by atoms with Gasteiger partial charge in [0.25, 0.3) is 0 Å². The predicted molar refractivity (Wildman–Crippen MR) is 41.1 cm³/mol. The summed E-state index contributed by atoms with van der Waals surface area (Å²) in [7, 11) is 0. The molecule has 1 aromatic rings. The van der Waals surface area contributed by atoms with Crippen molar-refractivity contribution in [3.63, 3.8) is 0 Å². The SMILES string of the molecule is C#Cc1occ2c1CCS2. The van der Waals surface area contributed by atoms with E-state index in [1.54, 1.807) is 6.26 Å². The Hall–Kier alpha value is -0.810. The Balaban J connectivity index is 2.57. The van der Waals surface area contributed by atoms with Crippen LogP contribution >= 0.6 is 11.8 Å². The molecule has 0 fully saturated rings. The van der Waals surface area contributed by atoms with E-state index in [1.165, 1.54) is 10.5 Å². The lowest BCUT2D eigenvalue weighted by molar-refractivity contribution is 0.546. The monoisotopic (exact) mass is 150 g/mol. The van der Waals surface area contributed by atoms with Crippen LogP contribution in [0.25, 0.3) is 0 Å². The lowest BCUT2D eigenvalue weighted by Crippen LogP contribution is -1.80. The molecule has 0 atom stereocenters. The van der Waals surface area contributed by atoms with Crippen molar-refractivity contribution in [1.29, 1.82) is 0 Å². The van der Waals surface area contributed by atoms with Gasteiger partial charge in [0.2, 0.25) is 0 Å². The van der Waals surface area contributed by atoms with Gasteiger partial charge in [0, 0.05) is 11.3 Å². The fourth-order valence-corrected chi connectivity index (χ4v) is 2.12. The van der Waals surface area contributed by atoms with E-state index in [4.69, 9.17) is 10.8 Å². The van der Waals surface area contributed by atoms with E-state index in [0.717, 1.165) is 17.9 Å². The zero-order valence-corrected chi connectivity index (χ0v) is 6.20. The van der Waals surface area contributed by atoms with Crippen molar-refractivity contribution in [1.82, 2.24) is 0 Å². The van der Waals surface area contributed by atoms with Crippen molar-refractivity contribution >= 4 is 11.8 Å². The van der Waals surface area contributed by atoms with Gasteiger partial charge in [0.15, 0.2) is 5.76 Å². The molecule has 1 nitrogen and oxygen atoms in total. The number of fused-ring (bicyclic) bond motifs is 1. The van der Waals surface area contributed by atoms with E-state index < -0.39 is 0 Å². The van der Waals surface area contributed by atoms with Crippen molar-refractivity contribution < 1.29 is 4.42 Å². The average molecular weight is 150 g/mol. The third-order valence-electron chi connectivity index (χ3n) is 1.60. The summed E-state index contributed by atoms with van der Waals surface area (Å²) < 4.78 is 5.13. The first-order valence-corrected chi connectivity index (χ1v) is 4.10. The Morgan fingerprint density at radius 2 is 2.60 bits per heavy atom. The van der Waals surface area contributed by atoms with E-state index in [-0.39, 0.29) is 0 Å². The normalized spacial score (nSPS) is 14.7. The van der Waals surface area contributed by atoms with Gasteiger partial charge in [-0.15, -0.1) is 18.2 Å². The fourth-order valence-electron chi connectivity index (χ4n) is 1.11. The van der Waals surface area contributed by atoms with E-state index in [1.807, 2.05) is 11.8 Å². The molecule has 2 heteroatoms. The van der Waals surface area contributed by atoms with E-state index in [0.29, 0.717) is 0 Å². The molecule has 10 heavy (non-hydrogen) atoms. The minimum Gasteiger partial charge on any atom is -0.455 e. The number of furan rings is 1. The maximum Gasteiger partial charge on any atom is 0.180 e. The third-order valence-corrected chi connectivity index (χ3v) is 2.66. The highest BCUT2D eigenvalue weighted by Gasteiger charge is 2.17. The first kappa shape index (κ1) is 5.94. The van der Waals surface area contributed by atoms with Crippen LogP contribution in [0.5, 0.6) is 0 Å². The van der Waals surface area contributed by atoms with E-state index >= 15 is 0 Å². The molecule has 0 N–H and O–H groups in total. The second-order valence-electron chi connectivity index (χ2n) is 2.15. The molecule has 50 valence electrons. The predicted octanol–water partition coefficient (Wildman–Crippen LogP) is 1.91. The smallest absolute Gasteiger partial charge is 0.180 e. The number of terminal acetylenes is 1. The zero-order chi connectivity index (χ0) is 6.97.